The maximum atomic E-state index is 12.6. The molecule has 0 aliphatic carbocycles. The average molecular weight is 435 g/mol. The Bertz CT molecular complexity index is 1100. The first-order valence-corrected chi connectivity index (χ1v) is 9.05. The van der Waals surface area contributed by atoms with Gasteiger partial charge in [0.25, 0.3) is 5.91 Å². The third-order valence-electron chi connectivity index (χ3n) is 4.34. The van der Waals surface area contributed by atoms with Crippen molar-refractivity contribution in [3.05, 3.63) is 53.4 Å². The number of hydrogen-bond acceptors (Lipinski definition) is 7. The number of aromatic nitrogens is 1. The highest BCUT2D eigenvalue weighted by Crippen LogP contribution is 2.30. The second-order valence-corrected chi connectivity index (χ2v) is 6.44. The summed E-state index contributed by atoms with van der Waals surface area (Å²) in [7, 11) is 0. The van der Waals surface area contributed by atoms with Gasteiger partial charge in [0, 0.05) is 11.6 Å². The first-order valence-electron chi connectivity index (χ1n) is 9.05. The first-order chi connectivity index (χ1) is 14.8. The van der Waals surface area contributed by atoms with E-state index >= 15 is 0 Å². The molecule has 0 unspecified atom stereocenters. The van der Waals surface area contributed by atoms with Crippen LogP contribution in [-0.4, -0.2) is 41.2 Å². The average Bonchev–Trinajstić information content (AvgIpc) is 3.05. The Hall–Kier alpha value is -3.73. The lowest BCUT2D eigenvalue weighted by Crippen LogP contribution is -2.46. The molecule has 0 saturated heterocycles. The van der Waals surface area contributed by atoms with Crippen LogP contribution in [0.2, 0.25) is 0 Å². The van der Waals surface area contributed by atoms with E-state index in [1.807, 2.05) is 0 Å². The third-order valence-corrected chi connectivity index (χ3v) is 4.34. The van der Waals surface area contributed by atoms with E-state index in [-0.39, 0.29) is 23.8 Å². The second kappa shape index (κ2) is 9.39. The molecule has 2 heterocycles. The maximum Gasteiger partial charge on any atom is 0.388 e. The van der Waals surface area contributed by atoms with Crippen LogP contribution in [0.15, 0.2) is 40.9 Å². The van der Waals surface area contributed by atoms with Gasteiger partial charge in [-0.3, -0.25) is 9.59 Å². The summed E-state index contributed by atoms with van der Waals surface area (Å²) in [5.74, 6) is -1.19. The van der Waals surface area contributed by atoms with E-state index in [1.54, 1.807) is 25.1 Å². The van der Waals surface area contributed by atoms with Crippen molar-refractivity contribution in [2.45, 2.75) is 26.2 Å². The van der Waals surface area contributed by atoms with Gasteiger partial charge < -0.3 is 30.0 Å². The molecule has 1 aromatic carbocycles. The summed E-state index contributed by atoms with van der Waals surface area (Å²) in [4.78, 5) is 27.7. The fourth-order valence-corrected chi connectivity index (χ4v) is 2.89. The Labute approximate surface area is 174 Å². The van der Waals surface area contributed by atoms with Crippen LogP contribution in [-0.2, 0) is 11.4 Å². The SMILES string of the molecule is Cc1oc2ccc(OCc3cccnc3OC(F)F)cc2c1C(=O)N[C@@H](CO)C(N)=O. The largest absolute Gasteiger partial charge is 0.489 e. The summed E-state index contributed by atoms with van der Waals surface area (Å²) in [5.41, 5.74) is 5.97. The minimum atomic E-state index is -3.02. The number of ether oxygens (including phenoxy) is 2. The number of furan rings is 1. The molecule has 164 valence electrons. The molecule has 0 aliphatic rings. The molecule has 1 atom stereocenters. The lowest BCUT2D eigenvalue weighted by Gasteiger charge is -2.12. The van der Waals surface area contributed by atoms with E-state index in [4.69, 9.17) is 14.9 Å². The van der Waals surface area contributed by atoms with E-state index in [2.05, 4.69) is 15.0 Å². The molecule has 0 aliphatic heterocycles. The van der Waals surface area contributed by atoms with Crippen LogP contribution in [0.5, 0.6) is 11.6 Å². The van der Waals surface area contributed by atoms with Crippen molar-refractivity contribution in [1.29, 1.82) is 0 Å². The van der Waals surface area contributed by atoms with Crippen molar-refractivity contribution in [3.8, 4) is 11.6 Å². The Morgan fingerprint density at radius 2 is 2.10 bits per heavy atom. The lowest BCUT2D eigenvalue weighted by molar-refractivity contribution is -0.120. The molecule has 0 bridgehead atoms. The molecule has 9 nitrogen and oxygen atoms in total. The van der Waals surface area contributed by atoms with Gasteiger partial charge in [0.2, 0.25) is 11.8 Å². The highest BCUT2D eigenvalue weighted by Gasteiger charge is 2.23. The monoisotopic (exact) mass is 435 g/mol. The zero-order chi connectivity index (χ0) is 22.5. The molecule has 11 heteroatoms. The molecule has 0 saturated carbocycles. The van der Waals surface area contributed by atoms with Gasteiger partial charge in [-0.25, -0.2) is 4.98 Å². The first kappa shape index (κ1) is 22.0. The molecule has 3 rings (SSSR count). The summed E-state index contributed by atoms with van der Waals surface area (Å²) in [6, 6.07) is 6.52. The van der Waals surface area contributed by atoms with Crippen LogP contribution in [0.4, 0.5) is 8.78 Å². The van der Waals surface area contributed by atoms with Gasteiger partial charge in [0.15, 0.2) is 0 Å². The minimum Gasteiger partial charge on any atom is -0.489 e. The van der Waals surface area contributed by atoms with E-state index in [0.717, 1.165) is 0 Å². The summed E-state index contributed by atoms with van der Waals surface area (Å²) in [6.07, 6.45) is 1.32. The van der Waals surface area contributed by atoms with E-state index < -0.39 is 31.1 Å². The number of primary amides is 1. The topological polar surface area (TPSA) is 137 Å². The lowest BCUT2D eigenvalue weighted by atomic mass is 10.1. The quantitative estimate of drug-likeness (QED) is 0.467. The third kappa shape index (κ3) is 5.07. The zero-order valence-electron chi connectivity index (χ0n) is 16.3. The predicted octanol–water partition coefficient (Wildman–Crippen LogP) is 1.89. The number of alkyl halides is 2. The highest BCUT2D eigenvalue weighted by atomic mass is 19.3. The number of aryl methyl sites for hydroxylation is 1. The molecule has 2 aromatic heterocycles. The molecule has 0 spiro atoms. The van der Waals surface area contributed by atoms with Crippen LogP contribution < -0.4 is 20.5 Å². The number of halogens is 2. The van der Waals surface area contributed by atoms with Crippen molar-refractivity contribution in [3.63, 3.8) is 0 Å². The van der Waals surface area contributed by atoms with Gasteiger partial charge in [-0.2, -0.15) is 8.78 Å². The number of rotatable bonds is 9. The normalized spacial score (nSPS) is 12.0. The van der Waals surface area contributed by atoms with Crippen molar-refractivity contribution in [2.75, 3.05) is 6.61 Å². The molecule has 2 amide bonds. The smallest absolute Gasteiger partial charge is 0.388 e. The van der Waals surface area contributed by atoms with Crippen LogP contribution >= 0.6 is 0 Å². The fourth-order valence-electron chi connectivity index (χ4n) is 2.89. The summed E-state index contributed by atoms with van der Waals surface area (Å²) >= 11 is 0. The van der Waals surface area contributed by atoms with Crippen molar-refractivity contribution in [1.82, 2.24) is 10.3 Å². The molecule has 0 fully saturated rings. The van der Waals surface area contributed by atoms with E-state index in [0.29, 0.717) is 22.3 Å². The number of hydrogen-bond donors (Lipinski definition) is 3. The van der Waals surface area contributed by atoms with E-state index in [9.17, 15) is 23.5 Å². The van der Waals surface area contributed by atoms with Gasteiger partial charge in [-0.15, -0.1) is 0 Å². The number of nitrogens with zero attached hydrogens (tertiary/aromatic N) is 1. The number of nitrogens with two attached hydrogens (primary N) is 1. The Morgan fingerprint density at radius 1 is 1.32 bits per heavy atom. The number of pyridine rings is 1. The Balaban J connectivity index is 1.84. The van der Waals surface area contributed by atoms with E-state index in [1.165, 1.54) is 18.3 Å². The number of carbonyl (C=O) groups is 2. The number of fused-ring (bicyclic) bond motifs is 1. The molecule has 0 radical (unpaired) electrons. The van der Waals surface area contributed by atoms with Gasteiger partial charge in [-0.05, 0) is 37.3 Å². The number of aliphatic hydroxyl groups is 1. The minimum absolute atomic E-state index is 0.117. The van der Waals surface area contributed by atoms with Crippen LogP contribution in [0.25, 0.3) is 11.0 Å². The molecule has 31 heavy (non-hydrogen) atoms. The predicted molar refractivity (Wildman–Crippen MR) is 104 cm³/mol. The number of nitrogens with one attached hydrogen (secondary N) is 1. The van der Waals surface area contributed by atoms with Gasteiger partial charge in [0.05, 0.1) is 17.7 Å². The van der Waals surface area contributed by atoms with Crippen LogP contribution in [0.1, 0.15) is 21.7 Å². The molecule has 4 N–H and O–H groups in total. The van der Waals surface area contributed by atoms with Gasteiger partial charge in [0.1, 0.15) is 29.7 Å². The van der Waals surface area contributed by atoms with Gasteiger partial charge >= 0.3 is 6.61 Å². The Morgan fingerprint density at radius 3 is 2.77 bits per heavy atom. The fraction of sp³-hybridized carbons (Fsp3) is 0.250. The standard InChI is InChI=1S/C20H19F2N3O6/c1-10-16(18(28)25-14(8-26)17(23)27)13-7-12(4-5-15(13)30-10)29-9-11-3-2-6-24-19(11)31-20(21)22/h2-7,14,20,26H,8-9H2,1H3,(H2,23,27)(H,25,28)/t14-/m0/s1. The molecule has 3 aromatic rings. The maximum absolute atomic E-state index is 12.6. The zero-order valence-corrected chi connectivity index (χ0v) is 16.3. The number of aliphatic hydroxyl groups excluding tert-OH is 1. The van der Waals surface area contributed by atoms with Crippen molar-refractivity contribution >= 4 is 22.8 Å². The van der Waals surface area contributed by atoms with Gasteiger partial charge in [-0.1, -0.05) is 0 Å². The Kier molecular flexibility index (Phi) is 6.65. The molecular formula is C20H19F2N3O6. The van der Waals surface area contributed by atoms with Crippen molar-refractivity contribution in [2.24, 2.45) is 5.73 Å². The highest BCUT2D eigenvalue weighted by molar-refractivity contribution is 6.08. The second-order valence-electron chi connectivity index (χ2n) is 6.44. The number of benzene rings is 1. The molecular weight excluding hydrogens is 416 g/mol. The summed E-state index contributed by atoms with van der Waals surface area (Å²) < 4.78 is 40.7. The van der Waals surface area contributed by atoms with Crippen LogP contribution in [0, 0.1) is 6.92 Å². The number of carbonyl (C=O) groups excluding carboxylic acids is 2. The van der Waals surface area contributed by atoms with Crippen molar-refractivity contribution < 1.29 is 37.4 Å². The summed E-state index contributed by atoms with van der Waals surface area (Å²) in [6.45, 7) is -2.23. The van der Waals surface area contributed by atoms with Crippen LogP contribution in [0.3, 0.4) is 0 Å². The number of amides is 2. The summed E-state index contributed by atoms with van der Waals surface area (Å²) in [5, 5.41) is 11.9.